The molecule has 63 heavy (non-hydrogen) atoms. The summed E-state index contributed by atoms with van der Waals surface area (Å²) in [7, 11) is 0. The highest BCUT2D eigenvalue weighted by Crippen LogP contribution is 2.64. The lowest BCUT2D eigenvalue weighted by Gasteiger charge is -2.45. The first-order valence-corrected chi connectivity index (χ1v) is 21.8. The Labute approximate surface area is 369 Å². The van der Waals surface area contributed by atoms with E-state index in [-0.39, 0.29) is 0 Å². The van der Waals surface area contributed by atoms with E-state index in [2.05, 4.69) is 265 Å². The maximum absolute atomic E-state index is 2.47. The summed E-state index contributed by atoms with van der Waals surface area (Å²) in [6.45, 7) is 0. The number of nitrogens with zero attached hydrogens (tertiary/aromatic N) is 2. The standard InChI is InChI=1S/C61H42N2/c1-4-16-43(17-5-1)45-28-30-46(31-29-45)48-34-38-51(39-35-48)62(50-36-32-47(33-37-50)44-18-6-2-7-19-44)52-40-41-54-53-22-10-11-23-55(53)61(58(54)42-52)56-24-12-14-26-59(56)63(49-20-8-3-9-21-49)60-27-15-13-25-57(60)61/h1-42H. The molecule has 1 spiro atoms. The van der Waals surface area contributed by atoms with Crippen LogP contribution in [0.25, 0.3) is 44.5 Å². The fourth-order valence-corrected chi connectivity index (χ4v) is 10.3. The van der Waals surface area contributed by atoms with Crippen LogP contribution in [0.15, 0.2) is 255 Å². The SMILES string of the molecule is c1ccc(-c2ccc(-c3ccc(N(c4ccc(-c5ccccc5)cc4)c4ccc5c(c4)C4(c6ccccc6-5)c5ccccc5N(c5ccccc5)c5ccccc54)cc3)cc2)cc1. The molecule has 0 atom stereocenters. The average molecular weight is 803 g/mol. The second-order valence-corrected chi connectivity index (χ2v) is 16.5. The Kier molecular flexibility index (Phi) is 8.76. The van der Waals surface area contributed by atoms with Gasteiger partial charge in [-0.3, -0.25) is 0 Å². The molecule has 0 bridgehead atoms. The van der Waals surface area contributed by atoms with Gasteiger partial charge in [0.05, 0.1) is 16.8 Å². The summed E-state index contributed by atoms with van der Waals surface area (Å²) in [6, 6.07) is 93.2. The highest BCUT2D eigenvalue weighted by atomic mass is 15.2. The van der Waals surface area contributed by atoms with E-state index in [0.29, 0.717) is 0 Å². The maximum Gasteiger partial charge on any atom is 0.0755 e. The molecule has 0 radical (unpaired) electrons. The first kappa shape index (κ1) is 36.6. The maximum atomic E-state index is 2.47. The summed E-state index contributed by atoms with van der Waals surface area (Å²) in [5.41, 5.74) is 21.2. The van der Waals surface area contributed by atoms with Crippen molar-refractivity contribution in [2.75, 3.05) is 9.80 Å². The molecular formula is C61H42N2. The van der Waals surface area contributed by atoms with Crippen molar-refractivity contribution in [3.63, 3.8) is 0 Å². The molecule has 10 aromatic rings. The molecule has 1 heterocycles. The molecule has 0 unspecified atom stereocenters. The third kappa shape index (κ3) is 5.95. The highest BCUT2D eigenvalue weighted by Gasteiger charge is 2.51. The predicted octanol–water partition coefficient (Wildman–Crippen LogP) is 16.3. The summed E-state index contributed by atoms with van der Waals surface area (Å²) < 4.78 is 0. The fourth-order valence-electron chi connectivity index (χ4n) is 10.3. The van der Waals surface area contributed by atoms with Gasteiger partial charge in [0, 0.05) is 22.7 Å². The van der Waals surface area contributed by atoms with Gasteiger partial charge in [-0.2, -0.15) is 0 Å². The van der Waals surface area contributed by atoms with E-state index in [1.54, 1.807) is 0 Å². The van der Waals surface area contributed by atoms with Gasteiger partial charge in [-0.15, -0.1) is 0 Å². The van der Waals surface area contributed by atoms with Gasteiger partial charge in [0.2, 0.25) is 0 Å². The zero-order valence-electron chi connectivity index (χ0n) is 34.6. The molecule has 2 aliphatic rings. The van der Waals surface area contributed by atoms with Gasteiger partial charge < -0.3 is 9.80 Å². The largest absolute Gasteiger partial charge is 0.310 e. The number of anilines is 6. The smallest absolute Gasteiger partial charge is 0.0755 e. The van der Waals surface area contributed by atoms with Crippen LogP contribution in [0.1, 0.15) is 22.3 Å². The molecule has 2 heteroatoms. The van der Waals surface area contributed by atoms with Crippen molar-refractivity contribution in [3.8, 4) is 44.5 Å². The van der Waals surface area contributed by atoms with Crippen LogP contribution in [0.5, 0.6) is 0 Å². The molecule has 0 amide bonds. The summed E-state index contributed by atoms with van der Waals surface area (Å²) in [5.74, 6) is 0. The molecule has 0 aromatic heterocycles. The number of para-hydroxylation sites is 3. The van der Waals surface area contributed by atoms with Gasteiger partial charge >= 0.3 is 0 Å². The minimum Gasteiger partial charge on any atom is -0.310 e. The molecular weight excluding hydrogens is 761 g/mol. The highest BCUT2D eigenvalue weighted by molar-refractivity contribution is 5.97. The van der Waals surface area contributed by atoms with Crippen molar-refractivity contribution in [2.24, 2.45) is 0 Å². The van der Waals surface area contributed by atoms with Crippen molar-refractivity contribution in [1.29, 1.82) is 0 Å². The number of rotatable bonds is 7. The lowest BCUT2D eigenvalue weighted by Crippen LogP contribution is -2.36. The predicted molar refractivity (Wildman–Crippen MR) is 263 cm³/mol. The first-order chi connectivity index (χ1) is 31.3. The summed E-state index contributed by atoms with van der Waals surface area (Å²) in [6.07, 6.45) is 0. The number of hydrogen-bond donors (Lipinski definition) is 0. The van der Waals surface area contributed by atoms with E-state index >= 15 is 0 Å². The zero-order valence-corrected chi connectivity index (χ0v) is 34.6. The molecule has 0 N–H and O–H groups in total. The van der Waals surface area contributed by atoms with Gasteiger partial charge in [-0.05, 0) is 127 Å². The normalized spacial score (nSPS) is 12.9. The summed E-state index contributed by atoms with van der Waals surface area (Å²) in [5, 5.41) is 0. The third-order valence-corrected chi connectivity index (χ3v) is 13.1. The number of hydrogen-bond acceptors (Lipinski definition) is 2. The van der Waals surface area contributed by atoms with E-state index in [9.17, 15) is 0 Å². The monoisotopic (exact) mass is 802 g/mol. The van der Waals surface area contributed by atoms with Crippen LogP contribution in [0.4, 0.5) is 34.1 Å². The van der Waals surface area contributed by atoms with Crippen molar-refractivity contribution in [2.45, 2.75) is 5.41 Å². The second-order valence-electron chi connectivity index (χ2n) is 16.5. The van der Waals surface area contributed by atoms with Crippen LogP contribution in [-0.4, -0.2) is 0 Å². The number of benzene rings is 10. The Morgan fingerprint density at radius 1 is 0.270 bits per heavy atom. The van der Waals surface area contributed by atoms with Gasteiger partial charge in [0.1, 0.15) is 0 Å². The molecule has 1 aliphatic heterocycles. The van der Waals surface area contributed by atoms with E-state index in [4.69, 9.17) is 0 Å². The lowest BCUT2D eigenvalue weighted by molar-refractivity contribution is 0.752. The van der Waals surface area contributed by atoms with Crippen molar-refractivity contribution in [1.82, 2.24) is 0 Å². The van der Waals surface area contributed by atoms with Crippen molar-refractivity contribution < 1.29 is 0 Å². The molecule has 0 saturated carbocycles. The average Bonchev–Trinajstić information content (AvgIpc) is 3.65. The Hall–Kier alpha value is -8.20. The molecule has 12 rings (SSSR count). The summed E-state index contributed by atoms with van der Waals surface area (Å²) >= 11 is 0. The molecule has 296 valence electrons. The van der Waals surface area contributed by atoms with Crippen molar-refractivity contribution in [3.05, 3.63) is 277 Å². The lowest BCUT2D eigenvalue weighted by atomic mass is 9.64. The minimum atomic E-state index is -0.557. The topological polar surface area (TPSA) is 6.48 Å². The zero-order chi connectivity index (χ0) is 41.7. The molecule has 0 fully saturated rings. The second kappa shape index (κ2) is 15.1. The molecule has 10 aromatic carbocycles. The Morgan fingerprint density at radius 3 is 1.14 bits per heavy atom. The van der Waals surface area contributed by atoms with Gasteiger partial charge in [0.15, 0.2) is 0 Å². The van der Waals surface area contributed by atoms with Crippen LogP contribution in [-0.2, 0) is 5.41 Å². The third-order valence-electron chi connectivity index (χ3n) is 13.1. The van der Waals surface area contributed by atoms with Gasteiger partial charge in [-0.1, -0.05) is 194 Å². The quantitative estimate of drug-likeness (QED) is 0.158. The number of fused-ring (bicyclic) bond motifs is 9. The van der Waals surface area contributed by atoms with Crippen LogP contribution in [0.2, 0.25) is 0 Å². The Morgan fingerprint density at radius 2 is 0.635 bits per heavy atom. The molecule has 0 saturated heterocycles. The Balaban J connectivity index is 1.03. The van der Waals surface area contributed by atoms with E-state index in [1.165, 1.54) is 78.1 Å². The fraction of sp³-hybridized carbons (Fsp3) is 0.0164. The van der Waals surface area contributed by atoms with E-state index in [1.807, 2.05) is 0 Å². The van der Waals surface area contributed by atoms with E-state index < -0.39 is 5.41 Å². The van der Waals surface area contributed by atoms with Crippen molar-refractivity contribution >= 4 is 34.1 Å². The molecule has 2 nitrogen and oxygen atoms in total. The molecule has 1 aliphatic carbocycles. The van der Waals surface area contributed by atoms with Crippen LogP contribution < -0.4 is 9.80 Å². The van der Waals surface area contributed by atoms with E-state index in [0.717, 1.165) is 22.7 Å². The minimum absolute atomic E-state index is 0.557. The Bertz CT molecular complexity index is 3200. The first-order valence-electron chi connectivity index (χ1n) is 21.8. The summed E-state index contributed by atoms with van der Waals surface area (Å²) in [4.78, 5) is 4.86. The van der Waals surface area contributed by atoms with Crippen LogP contribution in [0.3, 0.4) is 0 Å². The van der Waals surface area contributed by atoms with Crippen LogP contribution in [0, 0.1) is 0 Å². The van der Waals surface area contributed by atoms with Gasteiger partial charge in [-0.25, -0.2) is 0 Å². The van der Waals surface area contributed by atoms with Crippen LogP contribution >= 0.6 is 0 Å². The van der Waals surface area contributed by atoms with Gasteiger partial charge in [0.25, 0.3) is 0 Å².